The molecule has 0 saturated carbocycles. The van der Waals surface area contributed by atoms with Gasteiger partial charge in [0.25, 0.3) is 0 Å². The molecule has 0 aliphatic heterocycles. The molecule has 2 aromatic carbocycles. The van der Waals surface area contributed by atoms with Crippen molar-refractivity contribution in [2.75, 3.05) is 10.6 Å². The standard InChI is InChI=1S/C17H16N4O2/c1-10-3-4-11(2)14(7-10)21-17(23)16(22)20-12-5-6-13-15(8-12)19-9-18-13/h3-9H,1-2H3,(H,18,19)(H,20,22)(H,21,23). The van der Waals surface area contributed by atoms with E-state index >= 15 is 0 Å². The van der Waals surface area contributed by atoms with Crippen LogP contribution in [0.25, 0.3) is 11.0 Å². The molecule has 6 heteroatoms. The summed E-state index contributed by atoms with van der Waals surface area (Å²) in [6.07, 6.45) is 1.57. The van der Waals surface area contributed by atoms with Crippen molar-refractivity contribution in [3.05, 3.63) is 53.9 Å². The van der Waals surface area contributed by atoms with Crippen LogP contribution in [0, 0.1) is 13.8 Å². The normalized spacial score (nSPS) is 10.5. The van der Waals surface area contributed by atoms with Crippen LogP contribution < -0.4 is 10.6 Å². The van der Waals surface area contributed by atoms with E-state index in [-0.39, 0.29) is 0 Å². The van der Waals surface area contributed by atoms with E-state index in [0.717, 1.165) is 22.2 Å². The lowest BCUT2D eigenvalue weighted by molar-refractivity contribution is -0.133. The number of benzene rings is 2. The Balaban J connectivity index is 1.72. The molecule has 0 aliphatic carbocycles. The van der Waals surface area contributed by atoms with Gasteiger partial charge in [0.1, 0.15) is 0 Å². The number of carbonyl (C=O) groups excluding carboxylic acids is 2. The molecule has 0 bridgehead atoms. The molecule has 0 aliphatic rings. The minimum atomic E-state index is -0.718. The molecule has 1 aromatic heterocycles. The number of aromatic nitrogens is 2. The molecule has 2 amide bonds. The lowest BCUT2D eigenvalue weighted by Gasteiger charge is -2.09. The highest BCUT2D eigenvalue weighted by Crippen LogP contribution is 2.17. The van der Waals surface area contributed by atoms with E-state index < -0.39 is 11.8 Å². The first-order valence-electron chi connectivity index (χ1n) is 7.15. The number of nitrogens with zero attached hydrogens (tertiary/aromatic N) is 1. The van der Waals surface area contributed by atoms with Crippen LogP contribution in [0.1, 0.15) is 11.1 Å². The Labute approximate surface area is 132 Å². The van der Waals surface area contributed by atoms with E-state index in [1.807, 2.05) is 32.0 Å². The van der Waals surface area contributed by atoms with E-state index in [2.05, 4.69) is 20.6 Å². The molecule has 23 heavy (non-hydrogen) atoms. The first kappa shape index (κ1) is 14.8. The Kier molecular flexibility index (Phi) is 3.80. The van der Waals surface area contributed by atoms with Crippen LogP contribution in [0.2, 0.25) is 0 Å². The smallest absolute Gasteiger partial charge is 0.314 e. The summed E-state index contributed by atoms with van der Waals surface area (Å²) < 4.78 is 0. The number of imidazole rings is 1. The lowest BCUT2D eigenvalue weighted by Crippen LogP contribution is -2.29. The number of H-pyrrole nitrogens is 1. The zero-order valence-corrected chi connectivity index (χ0v) is 12.8. The molecule has 0 saturated heterocycles. The third-order valence-electron chi connectivity index (χ3n) is 3.53. The maximum atomic E-state index is 12.1. The molecule has 0 unspecified atom stereocenters. The summed E-state index contributed by atoms with van der Waals surface area (Å²) in [7, 11) is 0. The highest BCUT2D eigenvalue weighted by atomic mass is 16.2. The first-order chi connectivity index (χ1) is 11.0. The summed E-state index contributed by atoms with van der Waals surface area (Å²) in [5.41, 5.74) is 4.66. The SMILES string of the molecule is Cc1ccc(C)c(NC(=O)C(=O)Nc2ccc3nc[nH]c3c2)c1. The molecule has 0 fully saturated rings. The largest absolute Gasteiger partial charge is 0.345 e. The number of aryl methyl sites for hydroxylation is 2. The summed E-state index contributed by atoms with van der Waals surface area (Å²) >= 11 is 0. The lowest BCUT2D eigenvalue weighted by atomic mass is 10.1. The molecule has 0 radical (unpaired) electrons. The number of nitrogens with one attached hydrogen (secondary N) is 3. The number of hydrogen-bond donors (Lipinski definition) is 3. The maximum absolute atomic E-state index is 12.1. The molecular weight excluding hydrogens is 292 g/mol. The fourth-order valence-electron chi connectivity index (χ4n) is 2.25. The summed E-state index contributed by atoms with van der Waals surface area (Å²) in [4.78, 5) is 31.1. The van der Waals surface area contributed by atoms with Gasteiger partial charge in [-0.1, -0.05) is 12.1 Å². The van der Waals surface area contributed by atoms with Crippen molar-refractivity contribution in [3.8, 4) is 0 Å². The Morgan fingerprint density at radius 2 is 1.78 bits per heavy atom. The first-order valence-corrected chi connectivity index (χ1v) is 7.15. The van der Waals surface area contributed by atoms with Gasteiger partial charge in [-0.05, 0) is 49.2 Å². The fraction of sp³-hybridized carbons (Fsp3) is 0.118. The van der Waals surface area contributed by atoms with Gasteiger partial charge in [0.05, 0.1) is 17.4 Å². The van der Waals surface area contributed by atoms with Gasteiger partial charge in [-0.25, -0.2) is 4.98 Å². The Hall–Kier alpha value is -3.15. The van der Waals surface area contributed by atoms with Gasteiger partial charge in [-0.2, -0.15) is 0 Å². The number of amides is 2. The zero-order valence-electron chi connectivity index (χ0n) is 12.8. The van der Waals surface area contributed by atoms with Crippen LogP contribution in [0.4, 0.5) is 11.4 Å². The average molecular weight is 308 g/mol. The molecule has 0 spiro atoms. The number of aromatic amines is 1. The Morgan fingerprint density at radius 3 is 2.61 bits per heavy atom. The van der Waals surface area contributed by atoms with Crippen LogP contribution >= 0.6 is 0 Å². The van der Waals surface area contributed by atoms with Crippen LogP contribution in [-0.2, 0) is 9.59 Å². The number of hydrogen-bond acceptors (Lipinski definition) is 3. The van der Waals surface area contributed by atoms with E-state index in [4.69, 9.17) is 0 Å². The highest BCUT2D eigenvalue weighted by Gasteiger charge is 2.15. The molecule has 3 aromatic rings. The van der Waals surface area contributed by atoms with Gasteiger partial charge in [-0.3, -0.25) is 9.59 Å². The van der Waals surface area contributed by atoms with Gasteiger partial charge < -0.3 is 15.6 Å². The Morgan fingerprint density at radius 1 is 1.00 bits per heavy atom. The summed E-state index contributed by atoms with van der Waals surface area (Å²) in [6.45, 7) is 3.80. The molecule has 3 N–H and O–H groups in total. The molecule has 6 nitrogen and oxygen atoms in total. The quantitative estimate of drug-likeness (QED) is 0.636. The van der Waals surface area contributed by atoms with Crippen molar-refractivity contribution in [2.24, 2.45) is 0 Å². The number of anilines is 2. The number of rotatable bonds is 2. The number of fused-ring (bicyclic) bond motifs is 1. The third-order valence-corrected chi connectivity index (χ3v) is 3.53. The van der Waals surface area contributed by atoms with Gasteiger partial charge in [-0.15, -0.1) is 0 Å². The summed E-state index contributed by atoms with van der Waals surface area (Å²) in [5.74, 6) is -1.42. The van der Waals surface area contributed by atoms with Gasteiger partial charge in [0.2, 0.25) is 0 Å². The maximum Gasteiger partial charge on any atom is 0.314 e. The second-order valence-corrected chi connectivity index (χ2v) is 5.36. The molecule has 0 atom stereocenters. The van der Waals surface area contributed by atoms with Crippen molar-refractivity contribution >= 4 is 34.2 Å². The number of carbonyl (C=O) groups is 2. The average Bonchev–Trinajstić information content (AvgIpc) is 2.98. The fourth-order valence-corrected chi connectivity index (χ4v) is 2.25. The topological polar surface area (TPSA) is 86.9 Å². The highest BCUT2D eigenvalue weighted by molar-refractivity contribution is 6.43. The van der Waals surface area contributed by atoms with E-state index in [1.54, 1.807) is 24.5 Å². The minimum Gasteiger partial charge on any atom is -0.345 e. The predicted octanol–water partition coefficient (Wildman–Crippen LogP) is 2.76. The van der Waals surface area contributed by atoms with E-state index in [9.17, 15) is 9.59 Å². The molecule has 116 valence electrons. The van der Waals surface area contributed by atoms with Gasteiger partial charge in [0, 0.05) is 11.4 Å². The van der Waals surface area contributed by atoms with Gasteiger partial charge >= 0.3 is 11.8 Å². The van der Waals surface area contributed by atoms with Crippen LogP contribution in [0.15, 0.2) is 42.7 Å². The Bertz CT molecular complexity index is 898. The third kappa shape index (κ3) is 3.21. The molecule has 1 heterocycles. The second kappa shape index (κ2) is 5.92. The van der Waals surface area contributed by atoms with E-state index in [0.29, 0.717) is 11.4 Å². The minimum absolute atomic E-state index is 0.530. The zero-order chi connectivity index (χ0) is 16.4. The van der Waals surface area contributed by atoms with Gasteiger partial charge in [0.15, 0.2) is 0 Å². The van der Waals surface area contributed by atoms with E-state index in [1.165, 1.54) is 0 Å². The predicted molar refractivity (Wildman–Crippen MR) is 89.3 cm³/mol. The van der Waals surface area contributed by atoms with Crippen molar-refractivity contribution in [1.29, 1.82) is 0 Å². The van der Waals surface area contributed by atoms with Crippen LogP contribution in [0.5, 0.6) is 0 Å². The molecule has 3 rings (SSSR count). The summed E-state index contributed by atoms with van der Waals surface area (Å²) in [5, 5.41) is 5.21. The van der Waals surface area contributed by atoms with Crippen LogP contribution in [0.3, 0.4) is 0 Å². The van der Waals surface area contributed by atoms with Crippen molar-refractivity contribution in [3.63, 3.8) is 0 Å². The molecular formula is C17H16N4O2. The van der Waals surface area contributed by atoms with Crippen molar-refractivity contribution < 1.29 is 9.59 Å². The van der Waals surface area contributed by atoms with Crippen LogP contribution in [-0.4, -0.2) is 21.8 Å². The second-order valence-electron chi connectivity index (χ2n) is 5.36. The summed E-state index contributed by atoms with van der Waals surface area (Å²) in [6, 6.07) is 10.9. The van der Waals surface area contributed by atoms with Crippen molar-refractivity contribution in [2.45, 2.75) is 13.8 Å². The monoisotopic (exact) mass is 308 g/mol. The van der Waals surface area contributed by atoms with Crippen molar-refractivity contribution in [1.82, 2.24) is 9.97 Å².